The monoisotopic (exact) mass is 784 g/mol. The van der Waals surface area contributed by atoms with Gasteiger partial charge in [0.25, 0.3) is 5.91 Å². The Hall–Kier alpha value is -3.86. The second-order valence-electron chi connectivity index (χ2n) is 13.9. The van der Waals surface area contributed by atoms with Gasteiger partial charge in [0.1, 0.15) is 6.04 Å². The van der Waals surface area contributed by atoms with Crippen LogP contribution >= 0.6 is 27.7 Å². The number of carbonyl (C=O) groups excluding carboxylic acids is 3. The number of aliphatic hydroxyl groups is 1. The maximum absolute atomic E-state index is 15.3. The minimum atomic E-state index is -0.914. The molecule has 3 heterocycles. The molecule has 274 valence electrons. The lowest BCUT2D eigenvalue weighted by molar-refractivity contribution is -0.145. The third kappa shape index (κ3) is 6.97. The van der Waals surface area contributed by atoms with E-state index in [-0.39, 0.29) is 41.0 Å². The maximum Gasteiger partial charge on any atom is 0.251 e. The van der Waals surface area contributed by atoms with E-state index in [1.165, 1.54) is 0 Å². The van der Waals surface area contributed by atoms with Crippen molar-refractivity contribution in [1.29, 1.82) is 0 Å². The van der Waals surface area contributed by atoms with Crippen molar-refractivity contribution >= 4 is 56.8 Å². The zero-order valence-electron chi connectivity index (χ0n) is 30.0. The molecule has 52 heavy (non-hydrogen) atoms. The van der Waals surface area contributed by atoms with Crippen LogP contribution in [-0.2, 0) is 27.3 Å². The molecular formula is C42H49BrN4O4S. The van der Waals surface area contributed by atoms with Gasteiger partial charge in [0.15, 0.2) is 0 Å². The Kier molecular flexibility index (Phi) is 12.0. The van der Waals surface area contributed by atoms with Crippen molar-refractivity contribution in [3.8, 4) is 0 Å². The lowest BCUT2D eigenvalue weighted by Gasteiger charge is -2.40. The minimum absolute atomic E-state index is 0.0871. The number of rotatable bonds is 16. The number of fused-ring (bicyclic) bond motifs is 1. The molecule has 3 saturated heterocycles. The van der Waals surface area contributed by atoms with E-state index in [4.69, 9.17) is 0 Å². The predicted molar refractivity (Wildman–Crippen MR) is 215 cm³/mol. The number of nitrogens with zero attached hydrogens (tertiary/aromatic N) is 4. The molecule has 3 aromatic carbocycles. The van der Waals surface area contributed by atoms with Crippen LogP contribution in [0.25, 0.3) is 0 Å². The second-order valence-corrected chi connectivity index (χ2v) is 16.6. The van der Waals surface area contributed by atoms with E-state index < -0.39 is 28.7 Å². The first kappa shape index (κ1) is 37.9. The molecule has 1 N–H and O–H groups in total. The number of hydrogen-bond donors (Lipinski definition) is 1. The summed E-state index contributed by atoms with van der Waals surface area (Å²) in [6, 6.07) is 25.9. The van der Waals surface area contributed by atoms with Crippen molar-refractivity contribution in [3.63, 3.8) is 0 Å². The van der Waals surface area contributed by atoms with E-state index in [1.807, 2.05) is 84.9 Å². The fourth-order valence-corrected chi connectivity index (χ4v) is 12.2. The van der Waals surface area contributed by atoms with Crippen molar-refractivity contribution < 1.29 is 19.5 Å². The average Bonchev–Trinajstić information content (AvgIpc) is 3.77. The molecule has 3 aromatic rings. The summed E-state index contributed by atoms with van der Waals surface area (Å²) < 4.78 is -0.884. The summed E-state index contributed by atoms with van der Waals surface area (Å²) in [6.07, 6.45) is 4.34. The minimum Gasteiger partial charge on any atom is -0.394 e. The fraction of sp³-hybridized carbons (Fsp3) is 0.405. The molecule has 3 unspecified atom stereocenters. The summed E-state index contributed by atoms with van der Waals surface area (Å²) in [5, 5.41) is 10.8. The van der Waals surface area contributed by atoms with Crippen LogP contribution in [0.15, 0.2) is 110 Å². The average molecular weight is 786 g/mol. The van der Waals surface area contributed by atoms with Gasteiger partial charge in [-0.3, -0.25) is 14.4 Å². The second kappa shape index (κ2) is 16.4. The summed E-state index contributed by atoms with van der Waals surface area (Å²) in [4.78, 5) is 52.6. The number of benzene rings is 3. The van der Waals surface area contributed by atoms with Gasteiger partial charge in [-0.25, -0.2) is 0 Å². The third-order valence-corrected chi connectivity index (χ3v) is 14.1. The summed E-state index contributed by atoms with van der Waals surface area (Å²) in [5.74, 6) is -1.98. The highest BCUT2D eigenvalue weighted by atomic mass is 79.9. The van der Waals surface area contributed by atoms with Gasteiger partial charge < -0.3 is 24.7 Å². The van der Waals surface area contributed by atoms with Gasteiger partial charge in [0.05, 0.1) is 29.2 Å². The van der Waals surface area contributed by atoms with Crippen LogP contribution in [0.2, 0.25) is 0 Å². The van der Waals surface area contributed by atoms with E-state index in [0.717, 1.165) is 29.9 Å². The topological polar surface area (TPSA) is 84.4 Å². The smallest absolute Gasteiger partial charge is 0.251 e. The van der Waals surface area contributed by atoms with Crippen molar-refractivity contribution in [2.24, 2.45) is 11.8 Å². The quantitative estimate of drug-likeness (QED) is 0.135. The highest BCUT2D eigenvalue weighted by Crippen LogP contribution is 2.68. The molecule has 6 rings (SSSR count). The first-order chi connectivity index (χ1) is 25.2. The number of aliphatic hydroxyl groups excluding tert-OH is 1. The zero-order chi connectivity index (χ0) is 37.0. The Morgan fingerprint density at radius 1 is 0.923 bits per heavy atom. The highest BCUT2D eigenvalue weighted by Gasteiger charge is 2.76. The Labute approximate surface area is 320 Å². The number of anilines is 2. The van der Waals surface area contributed by atoms with Gasteiger partial charge in [-0.15, -0.1) is 24.9 Å². The largest absolute Gasteiger partial charge is 0.394 e. The standard InChI is InChI=1S/C42H49BrN4O4S/c1-5-23-45(27-30-17-13-10-14-18-30)39(49)35-36-40(50)47(33(28-48)25-29-15-11-9-12-16-29)38(42(36)26-34(43)37(35)52-42)41(51)46(24-6-2)32-21-19-31(20-22-32)44(7-3)8-4/h5-6,9-22,33-38,48H,1-2,7-8,23-28H2,3-4H3/t33-,34?,35+,36+,37+,38?,42?/m1/s1. The molecule has 7 atom stereocenters. The normalized spacial score (nSPS) is 25.0. The molecular weight excluding hydrogens is 736 g/mol. The Bertz CT molecular complexity index is 1740. The number of hydrogen-bond acceptors (Lipinski definition) is 6. The zero-order valence-corrected chi connectivity index (χ0v) is 32.4. The molecule has 0 saturated carbocycles. The van der Waals surface area contributed by atoms with E-state index in [9.17, 15) is 9.90 Å². The molecule has 3 aliphatic rings. The van der Waals surface area contributed by atoms with E-state index in [1.54, 1.807) is 38.6 Å². The number of alkyl halides is 1. The predicted octanol–water partition coefficient (Wildman–Crippen LogP) is 6.33. The third-order valence-electron chi connectivity index (χ3n) is 10.9. The fourth-order valence-electron chi connectivity index (χ4n) is 8.59. The molecule has 1 spiro atoms. The summed E-state index contributed by atoms with van der Waals surface area (Å²) in [5.41, 5.74) is 3.71. The van der Waals surface area contributed by atoms with E-state index >= 15 is 9.59 Å². The van der Waals surface area contributed by atoms with Crippen molar-refractivity contribution in [3.05, 3.63) is 121 Å². The molecule has 2 bridgehead atoms. The molecule has 0 aromatic heterocycles. The Morgan fingerprint density at radius 2 is 1.52 bits per heavy atom. The Morgan fingerprint density at radius 3 is 2.10 bits per heavy atom. The van der Waals surface area contributed by atoms with E-state index in [0.29, 0.717) is 31.6 Å². The molecule has 3 fully saturated rings. The molecule has 0 aliphatic carbocycles. The lowest BCUT2D eigenvalue weighted by atomic mass is 9.70. The summed E-state index contributed by atoms with van der Waals surface area (Å²) in [7, 11) is 0. The van der Waals surface area contributed by atoms with Gasteiger partial charge in [-0.05, 0) is 62.1 Å². The number of halogens is 1. The van der Waals surface area contributed by atoms with E-state index in [2.05, 4.69) is 47.8 Å². The van der Waals surface area contributed by atoms with Crippen molar-refractivity contribution in [2.75, 3.05) is 42.6 Å². The van der Waals surface area contributed by atoms with Crippen LogP contribution in [-0.4, -0.2) is 92.3 Å². The maximum atomic E-state index is 15.3. The first-order valence-corrected chi connectivity index (χ1v) is 20.0. The van der Waals surface area contributed by atoms with Crippen LogP contribution < -0.4 is 9.80 Å². The molecule has 3 aliphatic heterocycles. The number of thioether (sulfide) groups is 1. The van der Waals surface area contributed by atoms with Crippen LogP contribution in [0.5, 0.6) is 0 Å². The SMILES string of the molecule is C=CCN(Cc1ccccc1)C(=O)[C@H]1[C@H]2C(=O)N([C@@H](CO)Cc3ccccc3)C(C(=O)N(CC=C)c3ccc(N(CC)CC)cc3)C23CC(Br)[C@@H]1S3. The van der Waals surface area contributed by atoms with Gasteiger partial charge in [0, 0.05) is 54.2 Å². The summed E-state index contributed by atoms with van der Waals surface area (Å²) in [6.45, 7) is 14.5. The van der Waals surface area contributed by atoms with Crippen molar-refractivity contribution in [2.45, 2.75) is 60.1 Å². The van der Waals surface area contributed by atoms with Crippen LogP contribution in [0.4, 0.5) is 11.4 Å². The summed E-state index contributed by atoms with van der Waals surface area (Å²) >= 11 is 5.54. The van der Waals surface area contributed by atoms with Gasteiger partial charge in [0.2, 0.25) is 11.8 Å². The number of likely N-dealkylation sites (tertiary alicyclic amines) is 1. The van der Waals surface area contributed by atoms with Gasteiger partial charge in [-0.1, -0.05) is 88.7 Å². The molecule has 0 radical (unpaired) electrons. The van der Waals surface area contributed by atoms with Crippen LogP contribution in [0, 0.1) is 11.8 Å². The van der Waals surface area contributed by atoms with Crippen molar-refractivity contribution in [1.82, 2.24) is 9.80 Å². The molecule has 3 amide bonds. The lowest BCUT2D eigenvalue weighted by Crippen LogP contribution is -2.58. The molecule has 10 heteroatoms. The highest BCUT2D eigenvalue weighted by molar-refractivity contribution is 9.09. The van der Waals surface area contributed by atoms with Crippen LogP contribution in [0.1, 0.15) is 31.4 Å². The van der Waals surface area contributed by atoms with Crippen LogP contribution in [0.3, 0.4) is 0 Å². The first-order valence-electron chi connectivity index (χ1n) is 18.2. The molecule has 8 nitrogen and oxygen atoms in total. The number of carbonyl (C=O) groups is 3. The van der Waals surface area contributed by atoms with Gasteiger partial charge in [-0.2, -0.15) is 0 Å². The Balaban J connectivity index is 1.43. The number of amides is 3. The van der Waals surface area contributed by atoms with Gasteiger partial charge >= 0.3 is 0 Å².